The molecule has 9 nitrogen and oxygen atoms in total. The van der Waals surface area contributed by atoms with Crippen LogP contribution in [0.3, 0.4) is 0 Å². The number of anilines is 1. The van der Waals surface area contributed by atoms with Gasteiger partial charge in [-0.3, -0.25) is 9.59 Å². The van der Waals surface area contributed by atoms with Crippen molar-refractivity contribution >= 4 is 21.7 Å². The zero-order chi connectivity index (χ0) is 28.5. The summed E-state index contributed by atoms with van der Waals surface area (Å²) in [4.78, 5) is 35.9. The van der Waals surface area contributed by atoms with Crippen LogP contribution in [0.1, 0.15) is 60.9 Å². The first-order valence-corrected chi connectivity index (χ1v) is 14.3. The fourth-order valence-electron chi connectivity index (χ4n) is 4.71. The third-order valence-electron chi connectivity index (χ3n) is 6.58. The van der Waals surface area contributed by atoms with Gasteiger partial charge in [0.1, 0.15) is 22.9 Å². The summed E-state index contributed by atoms with van der Waals surface area (Å²) >= 11 is 0. The van der Waals surface area contributed by atoms with Crippen molar-refractivity contribution < 1.29 is 26.6 Å². The van der Waals surface area contributed by atoms with Crippen molar-refractivity contribution in [2.75, 3.05) is 11.5 Å². The number of aromatic nitrogens is 2. The molecular weight excluding hydrogens is 523 g/mol. The summed E-state index contributed by atoms with van der Waals surface area (Å²) in [6, 6.07) is 9.65. The van der Waals surface area contributed by atoms with Crippen molar-refractivity contribution in [1.29, 1.82) is 0 Å². The molecule has 0 spiro atoms. The van der Waals surface area contributed by atoms with E-state index in [4.69, 9.17) is 4.74 Å². The quantitative estimate of drug-likeness (QED) is 0.389. The SMILES string of the molecule is Cc1cccc(S(=O)(=O)NC(=O)c2c(N3[C@H](C)CC[C@@H]3C)[nH]c(-c3cc(F)cc(OCC(C)C)c3)cc2=O)n1.[HH].[HH].[HH]. The molecule has 0 aliphatic carbocycles. The summed E-state index contributed by atoms with van der Waals surface area (Å²) in [5, 5.41) is -0.331. The van der Waals surface area contributed by atoms with Gasteiger partial charge in [-0.05, 0) is 63.8 Å². The molecule has 214 valence electrons. The van der Waals surface area contributed by atoms with Gasteiger partial charge in [-0.25, -0.2) is 14.1 Å². The van der Waals surface area contributed by atoms with Crippen LogP contribution < -0.4 is 19.8 Å². The number of H-pyrrole nitrogens is 1. The number of sulfonamides is 1. The van der Waals surface area contributed by atoms with E-state index in [1.54, 1.807) is 19.1 Å². The highest BCUT2D eigenvalue weighted by Gasteiger charge is 2.34. The van der Waals surface area contributed by atoms with Crippen molar-refractivity contribution in [3.8, 4) is 17.0 Å². The van der Waals surface area contributed by atoms with Crippen LogP contribution in [0.4, 0.5) is 10.2 Å². The smallest absolute Gasteiger partial charge is 0.281 e. The number of ether oxygens (including phenoxy) is 1. The Morgan fingerprint density at radius 1 is 1.21 bits per heavy atom. The van der Waals surface area contributed by atoms with Crippen molar-refractivity contribution in [3.05, 3.63) is 69.8 Å². The lowest BCUT2D eigenvalue weighted by Crippen LogP contribution is -2.40. The number of amides is 1. The first-order chi connectivity index (χ1) is 18.4. The molecule has 1 saturated heterocycles. The Morgan fingerprint density at radius 2 is 1.90 bits per heavy atom. The Kier molecular flexibility index (Phi) is 8.10. The minimum atomic E-state index is -4.35. The third kappa shape index (κ3) is 6.30. The summed E-state index contributed by atoms with van der Waals surface area (Å²) in [6.45, 7) is 9.89. The molecule has 39 heavy (non-hydrogen) atoms. The molecule has 3 heterocycles. The predicted octanol–water partition coefficient (Wildman–Crippen LogP) is 5.15. The van der Waals surface area contributed by atoms with Crippen LogP contribution in [0.25, 0.3) is 11.3 Å². The number of pyridine rings is 2. The van der Waals surface area contributed by atoms with Crippen LogP contribution >= 0.6 is 0 Å². The third-order valence-corrected chi connectivity index (χ3v) is 7.81. The van der Waals surface area contributed by atoms with E-state index >= 15 is 0 Å². The highest BCUT2D eigenvalue weighted by molar-refractivity contribution is 7.90. The number of benzene rings is 1. The highest BCUT2D eigenvalue weighted by atomic mass is 32.2. The van der Waals surface area contributed by atoms with E-state index in [9.17, 15) is 22.4 Å². The van der Waals surface area contributed by atoms with E-state index in [0.717, 1.165) is 12.8 Å². The van der Waals surface area contributed by atoms with Crippen molar-refractivity contribution in [1.82, 2.24) is 14.7 Å². The van der Waals surface area contributed by atoms with Gasteiger partial charge in [-0.1, -0.05) is 19.9 Å². The monoisotopic (exact) mass is 562 g/mol. The second kappa shape index (κ2) is 11.2. The fraction of sp³-hybridized carbons (Fsp3) is 0.393. The number of nitrogens with zero attached hydrogens (tertiary/aromatic N) is 2. The fourth-order valence-corrected chi connectivity index (χ4v) is 5.68. The van der Waals surface area contributed by atoms with Crippen LogP contribution in [0, 0.1) is 18.7 Å². The summed E-state index contributed by atoms with van der Waals surface area (Å²) in [5.74, 6) is -0.913. The molecule has 2 atom stereocenters. The molecule has 0 saturated carbocycles. The molecule has 2 N–H and O–H groups in total. The Labute approximate surface area is 231 Å². The van der Waals surface area contributed by atoms with E-state index < -0.39 is 27.2 Å². The largest absolute Gasteiger partial charge is 0.493 e. The minimum absolute atomic E-state index is 0. The lowest BCUT2D eigenvalue weighted by molar-refractivity contribution is 0.0980. The molecule has 1 aliphatic heterocycles. The van der Waals surface area contributed by atoms with Gasteiger partial charge in [0, 0.05) is 39.8 Å². The molecule has 11 heteroatoms. The molecule has 0 radical (unpaired) electrons. The average Bonchev–Trinajstić information content (AvgIpc) is 3.19. The van der Waals surface area contributed by atoms with Crippen molar-refractivity contribution in [2.45, 2.75) is 64.6 Å². The minimum Gasteiger partial charge on any atom is -0.493 e. The number of halogens is 1. The first-order valence-electron chi connectivity index (χ1n) is 12.9. The molecule has 1 aromatic carbocycles. The number of rotatable bonds is 8. The van der Waals surface area contributed by atoms with Gasteiger partial charge in [-0.2, -0.15) is 8.42 Å². The molecule has 3 aromatic rings. The van der Waals surface area contributed by atoms with Crippen LogP contribution in [-0.2, 0) is 10.0 Å². The number of carbonyl (C=O) groups excluding carboxylic acids is 1. The Bertz CT molecular complexity index is 1560. The lowest BCUT2D eigenvalue weighted by atomic mass is 10.1. The molecule has 1 aliphatic rings. The summed E-state index contributed by atoms with van der Waals surface area (Å²) in [6.07, 6.45) is 1.63. The summed E-state index contributed by atoms with van der Waals surface area (Å²) < 4.78 is 48.1. The second-order valence-electron chi connectivity index (χ2n) is 10.4. The van der Waals surface area contributed by atoms with Gasteiger partial charge in [0.05, 0.1) is 12.3 Å². The van der Waals surface area contributed by atoms with Gasteiger partial charge in [0.15, 0.2) is 10.5 Å². The molecule has 4 rings (SSSR count). The first kappa shape index (κ1) is 28.3. The number of carbonyl (C=O) groups is 1. The molecule has 1 amide bonds. The van der Waals surface area contributed by atoms with Gasteiger partial charge in [-0.15, -0.1) is 0 Å². The van der Waals surface area contributed by atoms with E-state index in [-0.39, 0.29) is 44.4 Å². The Hall–Kier alpha value is -3.73. The molecule has 0 unspecified atom stereocenters. The van der Waals surface area contributed by atoms with Crippen LogP contribution in [-0.4, -0.2) is 43.0 Å². The highest BCUT2D eigenvalue weighted by Crippen LogP contribution is 2.33. The number of aromatic amines is 1. The normalized spacial score (nSPS) is 17.5. The number of nitrogens with one attached hydrogen (secondary N) is 2. The van der Waals surface area contributed by atoms with E-state index in [2.05, 4.69) is 9.97 Å². The molecule has 0 bridgehead atoms. The molecule has 2 aromatic heterocycles. The zero-order valence-corrected chi connectivity index (χ0v) is 23.4. The molecule has 1 fully saturated rings. The second-order valence-corrected chi connectivity index (χ2v) is 12.0. The van der Waals surface area contributed by atoms with Gasteiger partial charge >= 0.3 is 0 Å². The van der Waals surface area contributed by atoms with E-state index in [1.165, 1.54) is 30.3 Å². The van der Waals surface area contributed by atoms with Crippen molar-refractivity contribution in [3.63, 3.8) is 0 Å². The lowest BCUT2D eigenvalue weighted by Gasteiger charge is -2.30. The van der Waals surface area contributed by atoms with Crippen LogP contribution in [0.5, 0.6) is 5.75 Å². The maximum absolute atomic E-state index is 14.5. The Balaban J connectivity index is 0.00000294. The topological polar surface area (TPSA) is 121 Å². The van der Waals surface area contributed by atoms with Crippen LogP contribution in [0.15, 0.2) is 52.3 Å². The van der Waals surface area contributed by atoms with E-state index in [0.29, 0.717) is 23.6 Å². The molecular formula is C28H39FN4O5S. The van der Waals surface area contributed by atoms with Gasteiger partial charge < -0.3 is 14.6 Å². The maximum atomic E-state index is 14.5. The standard InChI is InChI=1S/C28H33FN4O5S.3H2/c1-16(2)15-38-22-12-20(11-21(29)13-22)23-14-24(34)26(27(31-23)33-18(4)9-10-19(33)5)28(35)32-39(36,37)25-8-6-7-17(3)30-25;;;/h6-8,11-14,16,18-19H,9-10,15H2,1-5H3,(H,31,34)(H,32,35);3*1H/t18-,19+;;;. The number of aryl methyl sites for hydroxylation is 1. The summed E-state index contributed by atoms with van der Waals surface area (Å²) in [7, 11) is -4.35. The van der Waals surface area contributed by atoms with Gasteiger partial charge in [0.2, 0.25) is 0 Å². The maximum Gasteiger partial charge on any atom is 0.281 e. The average molecular weight is 563 g/mol. The number of hydrogen-bond donors (Lipinski definition) is 2. The van der Waals surface area contributed by atoms with Crippen molar-refractivity contribution in [2.24, 2.45) is 5.92 Å². The van der Waals surface area contributed by atoms with Crippen LogP contribution in [0.2, 0.25) is 0 Å². The van der Waals surface area contributed by atoms with E-state index in [1.807, 2.05) is 37.3 Å². The number of hydrogen-bond acceptors (Lipinski definition) is 7. The Morgan fingerprint density at radius 3 is 2.54 bits per heavy atom. The zero-order valence-electron chi connectivity index (χ0n) is 22.6. The van der Waals surface area contributed by atoms with Gasteiger partial charge in [0.25, 0.3) is 15.9 Å². The predicted molar refractivity (Wildman–Crippen MR) is 153 cm³/mol. The summed E-state index contributed by atoms with van der Waals surface area (Å²) in [5.41, 5.74) is 0.0389.